The molecule has 0 fully saturated rings. The lowest BCUT2D eigenvalue weighted by molar-refractivity contribution is 0.715. The lowest BCUT2D eigenvalue weighted by Gasteiger charge is -1.91. The van der Waals surface area contributed by atoms with Crippen LogP contribution in [0.5, 0.6) is 0 Å². The van der Waals surface area contributed by atoms with E-state index in [2.05, 4.69) is 27.8 Å². The largest absolute Gasteiger partial charge is 0.228 e. The molecule has 2 aromatic rings. The highest BCUT2D eigenvalue weighted by Gasteiger charge is 2.07. The van der Waals surface area contributed by atoms with Crippen LogP contribution in [-0.2, 0) is 7.05 Å². The van der Waals surface area contributed by atoms with Crippen molar-refractivity contribution in [1.82, 2.24) is 20.2 Å². The van der Waals surface area contributed by atoms with Crippen LogP contribution in [0.1, 0.15) is 0 Å². The summed E-state index contributed by atoms with van der Waals surface area (Å²) < 4.78 is 2.95. The van der Waals surface area contributed by atoms with E-state index in [0.29, 0.717) is 0 Å². The van der Waals surface area contributed by atoms with Crippen LogP contribution in [-0.4, -0.2) is 26.5 Å². The molecule has 68 valence electrons. The van der Waals surface area contributed by atoms with Gasteiger partial charge in [0.1, 0.15) is 0 Å². The fraction of sp³-hybridized carbons (Fsp3) is 0.286. The zero-order chi connectivity index (χ0) is 9.26. The van der Waals surface area contributed by atoms with Gasteiger partial charge in [-0.15, -0.1) is 28.2 Å². The van der Waals surface area contributed by atoms with Gasteiger partial charge >= 0.3 is 0 Å². The molecule has 0 saturated carbocycles. The first-order valence-electron chi connectivity index (χ1n) is 3.68. The minimum Gasteiger partial charge on any atom is -0.228 e. The van der Waals surface area contributed by atoms with Crippen LogP contribution < -0.4 is 0 Å². The van der Waals surface area contributed by atoms with Gasteiger partial charge in [-0.2, -0.15) is 0 Å². The van der Waals surface area contributed by atoms with Gasteiger partial charge in [-0.1, -0.05) is 0 Å². The number of thiophene rings is 1. The first kappa shape index (κ1) is 8.71. The summed E-state index contributed by atoms with van der Waals surface area (Å²) in [4.78, 5) is 1.11. The molecule has 0 saturated heterocycles. The number of rotatable bonds is 2. The van der Waals surface area contributed by atoms with Crippen LogP contribution in [0, 0.1) is 0 Å². The van der Waals surface area contributed by atoms with Crippen LogP contribution in [0.4, 0.5) is 0 Å². The Balaban J connectivity index is 2.41. The van der Waals surface area contributed by atoms with Crippen molar-refractivity contribution >= 4 is 23.1 Å². The third kappa shape index (κ3) is 1.59. The molecule has 2 heterocycles. The maximum atomic E-state index is 3.94. The molecule has 0 radical (unpaired) electrons. The number of hydrogen-bond donors (Lipinski definition) is 0. The summed E-state index contributed by atoms with van der Waals surface area (Å²) in [6, 6.07) is 4.13. The molecule has 0 amide bonds. The minimum atomic E-state index is 0.824. The molecule has 0 bridgehead atoms. The number of nitrogens with zero attached hydrogens (tertiary/aromatic N) is 4. The van der Waals surface area contributed by atoms with Crippen molar-refractivity contribution in [2.75, 3.05) is 6.26 Å². The Morgan fingerprint density at radius 2 is 2.31 bits per heavy atom. The Kier molecular flexibility index (Phi) is 2.32. The van der Waals surface area contributed by atoms with Gasteiger partial charge in [0.2, 0.25) is 0 Å². The van der Waals surface area contributed by atoms with E-state index in [1.54, 1.807) is 27.8 Å². The van der Waals surface area contributed by atoms with Crippen molar-refractivity contribution in [3.05, 3.63) is 12.1 Å². The van der Waals surface area contributed by atoms with Crippen molar-refractivity contribution in [2.45, 2.75) is 4.21 Å². The summed E-state index contributed by atoms with van der Waals surface area (Å²) in [5, 5.41) is 11.3. The van der Waals surface area contributed by atoms with E-state index >= 15 is 0 Å². The monoisotopic (exact) mass is 212 g/mol. The highest BCUT2D eigenvalue weighted by molar-refractivity contribution is 8.00. The van der Waals surface area contributed by atoms with E-state index in [-0.39, 0.29) is 0 Å². The van der Waals surface area contributed by atoms with Gasteiger partial charge in [-0.25, -0.2) is 4.68 Å². The van der Waals surface area contributed by atoms with Gasteiger partial charge in [0, 0.05) is 7.05 Å². The molecule has 0 aliphatic heterocycles. The summed E-state index contributed by atoms with van der Waals surface area (Å²) in [6.45, 7) is 0. The Bertz CT molecular complexity index is 406. The van der Waals surface area contributed by atoms with Gasteiger partial charge in [-0.05, 0) is 28.8 Å². The summed E-state index contributed by atoms with van der Waals surface area (Å²) >= 11 is 3.44. The summed E-state index contributed by atoms with van der Waals surface area (Å²) in [5.74, 6) is 0.824. The van der Waals surface area contributed by atoms with Crippen LogP contribution in [0.3, 0.4) is 0 Å². The molecule has 0 aliphatic rings. The molecule has 6 heteroatoms. The lowest BCUT2D eigenvalue weighted by Crippen LogP contribution is -1.92. The molecule has 2 rings (SSSR count). The molecule has 4 nitrogen and oxygen atoms in total. The van der Waals surface area contributed by atoms with Crippen LogP contribution in [0.25, 0.3) is 10.7 Å². The summed E-state index contributed by atoms with van der Waals surface area (Å²) in [5.41, 5.74) is 0. The molecule has 2 aromatic heterocycles. The second-order valence-corrected chi connectivity index (χ2v) is 4.64. The second kappa shape index (κ2) is 3.47. The number of aromatic nitrogens is 4. The van der Waals surface area contributed by atoms with E-state index in [1.807, 2.05) is 13.1 Å². The third-order valence-electron chi connectivity index (χ3n) is 1.62. The molecule has 0 atom stereocenters. The van der Waals surface area contributed by atoms with Crippen LogP contribution in [0.2, 0.25) is 0 Å². The summed E-state index contributed by atoms with van der Waals surface area (Å²) in [7, 11) is 1.84. The fourth-order valence-corrected chi connectivity index (χ4v) is 2.55. The zero-order valence-electron chi connectivity index (χ0n) is 7.26. The fourth-order valence-electron chi connectivity index (χ4n) is 0.988. The molecular weight excluding hydrogens is 204 g/mol. The SMILES string of the molecule is CSc1ccc(-c2nnnn2C)s1. The highest BCUT2D eigenvalue weighted by atomic mass is 32.2. The molecule has 13 heavy (non-hydrogen) atoms. The van der Waals surface area contributed by atoms with Gasteiger partial charge in [0.25, 0.3) is 0 Å². The predicted molar refractivity (Wildman–Crippen MR) is 53.9 cm³/mol. The smallest absolute Gasteiger partial charge is 0.191 e. The first-order valence-corrected chi connectivity index (χ1v) is 5.72. The average molecular weight is 212 g/mol. The molecular formula is C7H8N4S2. The van der Waals surface area contributed by atoms with Crippen molar-refractivity contribution in [3.8, 4) is 10.7 Å². The highest BCUT2D eigenvalue weighted by Crippen LogP contribution is 2.30. The summed E-state index contributed by atoms with van der Waals surface area (Å²) in [6.07, 6.45) is 2.06. The number of hydrogen-bond acceptors (Lipinski definition) is 5. The molecule has 0 aliphatic carbocycles. The number of thioether (sulfide) groups is 1. The van der Waals surface area contributed by atoms with E-state index in [1.165, 1.54) is 4.21 Å². The second-order valence-electron chi connectivity index (χ2n) is 2.45. The van der Waals surface area contributed by atoms with Crippen LogP contribution >= 0.6 is 23.1 Å². The van der Waals surface area contributed by atoms with E-state index in [9.17, 15) is 0 Å². The predicted octanol–water partition coefficient (Wildman–Crippen LogP) is 1.66. The number of tetrazole rings is 1. The topological polar surface area (TPSA) is 43.6 Å². The van der Waals surface area contributed by atoms with E-state index in [0.717, 1.165) is 10.7 Å². The molecule has 0 aromatic carbocycles. The maximum Gasteiger partial charge on any atom is 0.191 e. The first-order chi connectivity index (χ1) is 6.31. The Morgan fingerprint density at radius 3 is 2.85 bits per heavy atom. The molecule has 0 unspecified atom stereocenters. The van der Waals surface area contributed by atoms with Crippen molar-refractivity contribution in [1.29, 1.82) is 0 Å². The van der Waals surface area contributed by atoms with E-state index < -0.39 is 0 Å². The number of aryl methyl sites for hydroxylation is 1. The zero-order valence-corrected chi connectivity index (χ0v) is 8.89. The van der Waals surface area contributed by atoms with Gasteiger partial charge in [0.15, 0.2) is 5.82 Å². The minimum absolute atomic E-state index is 0.824. The van der Waals surface area contributed by atoms with E-state index in [4.69, 9.17) is 0 Å². The van der Waals surface area contributed by atoms with Gasteiger partial charge < -0.3 is 0 Å². The van der Waals surface area contributed by atoms with Crippen molar-refractivity contribution in [2.24, 2.45) is 7.05 Å². The molecule has 0 spiro atoms. The third-order valence-corrected chi connectivity index (χ3v) is 3.79. The van der Waals surface area contributed by atoms with Gasteiger partial charge in [-0.3, -0.25) is 0 Å². The Hall–Kier alpha value is -0.880. The van der Waals surface area contributed by atoms with Crippen molar-refractivity contribution in [3.63, 3.8) is 0 Å². The maximum absolute atomic E-state index is 3.94. The average Bonchev–Trinajstić information content (AvgIpc) is 2.71. The lowest BCUT2D eigenvalue weighted by atomic mass is 10.4. The normalized spacial score (nSPS) is 10.6. The Morgan fingerprint density at radius 1 is 1.46 bits per heavy atom. The quantitative estimate of drug-likeness (QED) is 0.710. The van der Waals surface area contributed by atoms with Crippen LogP contribution in [0.15, 0.2) is 16.3 Å². The Labute approximate surface area is 84.0 Å². The van der Waals surface area contributed by atoms with Crippen molar-refractivity contribution < 1.29 is 0 Å². The van der Waals surface area contributed by atoms with Gasteiger partial charge in [0.05, 0.1) is 9.09 Å². The standard InChI is InChI=1S/C7H8N4S2/c1-11-7(8-9-10-11)5-3-4-6(12-2)13-5/h3-4H,1-2H3. The molecule has 0 N–H and O–H groups in total.